The number of ether oxygens (including phenoxy) is 3. The van der Waals surface area contributed by atoms with Crippen LogP contribution in [0.2, 0.25) is 0 Å². The van der Waals surface area contributed by atoms with Crippen LogP contribution in [0, 0.1) is 40.4 Å². The molecule has 0 radical (unpaired) electrons. The number of rotatable bonds is 6. The van der Waals surface area contributed by atoms with Gasteiger partial charge in [-0.05, 0) is 79.1 Å². The van der Waals surface area contributed by atoms with E-state index in [1.165, 1.54) is 32.3 Å². The molecule has 1 aliphatic heterocycles. The maximum atomic E-state index is 12.4. The number of epoxide rings is 1. The number of hydrogen-bond acceptors (Lipinski definition) is 5. The monoisotopic (exact) mass is 512 g/mol. The molecular weight excluding hydrogens is 464 g/mol. The molecule has 1 spiro atoms. The van der Waals surface area contributed by atoms with Gasteiger partial charge in [0.25, 0.3) is 0 Å². The molecule has 10 unspecified atom stereocenters. The molecule has 0 aromatic heterocycles. The van der Waals surface area contributed by atoms with Crippen LogP contribution in [0.3, 0.4) is 0 Å². The lowest BCUT2D eigenvalue weighted by atomic mass is 9.48. The van der Waals surface area contributed by atoms with Crippen LogP contribution in [0.5, 0.6) is 0 Å². The SMILES string of the molecule is CC(=O)OC1CCC2(C)C3CCC4(C)C(=C3C(OC(C)=O)C3OC32C1)CCC4C(C)C=CC(C)C(C)C. The van der Waals surface area contributed by atoms with Crippen LogP contribution in [0.1, 0.15) is 100 Å². The molecule has 0 aromatic rings. The molecule has 5 rings (SSSR count). The van der Waals surface area contributed by atoms with Crippen molar-refractivity contribution in [2.24, 2.45) is 40.4 Å². The number of carbonyl (C=O) groups excluding carboxylic acids is 2. The van der Waals surface area contributed by atoms with E-state index in [0.717, 1.165) is 25.7 Å². The Morgan fingerprint density at radius 1 is 0.973 bits per heavy atom. The molecule has 0 aromatic carbocycles. The van der Waals surface area contributed by atoms with Crippen LogP contribution in [-0.4, -0.2) is 35.9 Å². The number of hydrogen-bond donors (Lipinski definition) is 0. The van der Waals surface area contributed by atoms with Gasteiger partial charge in [-0.3, -0.25) is 9.59 Å². The molecule has 37 heavy (non-hydrogen) atoms. The van der Waals surface area contributed by atoms with E-state index >= 15 is 0 Å². The van der Waals surface area contributed by atoms with Crippen LogP contribution in [-0.2, 0) is 23.8 Å². The third-order valence-electron chi connectivity index (χ3n) is 11.5. The first-order chi connectivity index (χ1) is 17.3. The van der Waals surface area contributed by atoms with Crippen LogP contribution in [0.4, 0.5) is 0 Å². The van der Waals surface area contributed by atoms with Crippen LogP contribution in [0.25, 0.3) is 0 Å². The zero-order valence-corrected chi connectivity index (χ0v) is 24.3. The quantitative estimate of drug-likeness (QED) is 0.222. The van der Waals surface area contributed by atoms with Gasteiger partial charge < -0.3 is 14.2 Å². The van der Waals surface area contributed by atoms with Gasteiger partial charge in [-0.1, -0.05) is 59.3 Å². The van der Waals surface area contributed by atoms with E-state index in [9.17, 15) is 9.59 Å². The van der Waals surface area contributed by atoms with Crippen molar-refractivity contribution in [1.82, 2.24) is 0 Å². The van der Waals surface area contributed by atoms with E-state index in [2.05, 4.69) is 53.7 Å². The fourth-order valence-corrected chi connectivity index (χ4v) is 9.07. The molecule has 4 aliphatic carbocycles. The Kier molecular flexibility index (Phi) is 6.74. The van der Waals surface area contributed by atoms with Crippen molar-refractivity contribution in [3.05, 3.63) is 23.3 Å². The number of carbonyl (C=O) groups is 2. The lowest BCUT2D eigenvalue weighted by molar-refractivity contribution is -0.153. The maximum Gasteiger partial charge on any atom is 0.303 e. The zero-order chi connectivity index (χ0) is 26.9. The molecule has 3 saturated carbocycles. The normalized spacial score (nSPS) is 44.0. The summed E-state index contributed by atoms with van der Waals surface area (Å²) in [7, 11) is 0. The maximum absolute atomic E-state index is 12.4. The molecule has 4 fully saturated rings. The topological polar surface area (TPSA) is 65.1 Å². The average molecular weight is 513 g/mol. The van der Waals surface area contributed by atoms with Gasteiger partial charge in [0.15, 0.2) is 6.10 Å². The van der Waals surface area contributed by atoms with Gasteiger partial charge in [0, 0.05) is 25.7 Å². The van der Waals surface area contributed by atoms with Gasteiger partial charge in [0.2, 0.25) is 0 Å². The van der Waals surface area contributed by atoms with E-state index in [1.54, 1.807) is 5.57 Å². The summed E-state index contributed by atoms with van der Waals surface area (Å²) in [6.07, 6.45) is 11.5. The predicted molar refractivity (Wildman–Crippen MR) is 144 cm³/mol. The second kappa shape index (κ2) is 9.24. The Morgan fingerprint density at radius 3 is 2.32 bits per heavy atom. The first-order valence-electron chi connectivity index (χ1n) is 14.8. The minimum absolute atomic E-state index is 0.0229. The van der Waals surface area contributed by atoms with E-state index in [0.29, 0.717) is 36.0 Å². The smallest absolute Gasteiger partial charge is 0.303 e. The molecule has 0 amide bonds. The molecule has 5 aliphatic rings. The molecule has 1 saturated heterocycles. The van der Waals surface area contributed by atoms with Gasteiger partial charge >= 0.3 is 11.9 Å². The van der Waals surface area contributed by atoms with Gasteiger partial charge in [-0.25, -0.2) is 0 Å². The fourth-order valence-electron chi connectivity index (χ4n) is 9.07. The first kappa shape index (κ1) is 27.0. The van der Waals surface area contributed by atoms with Crippen molar-refractivity contribution in [3.8, 4) is 0 Å². The lowest BCUT2D eigenvalue weighted by Gasteiger charge is -2.56. The van der Waals surface area contributed by atoms with E-state index in [4.69, 9.17) is 14.2 Å². The minimum Gasteiger partial charge on any atom is -0.462 e. The second-order valence-electron chi connectivity index (χ2n) is 13.8. The van der Waals surface area contributed by atoms with Gasteiger partial charge in [0.1, 0.15) is 17.8 Å². The molecule has 5 nitrogen and oxygen atoms in total. The summed E-state index contributed by atoms with van der Waals surface area (Å²) in [5, 5.41) is 0. The van der Waals surface area contributed by atoms with Crippen LogP contribution in [0.15, 0.2) is 23.3 Å². The summed E-state index contributed by atoms with van der Waals surface area (Å²) in [6, 6.07) is 0. The van der Waals surface area contributed by atoms with Crippen molar-refractivity contribution >= 4 is 11.9 Å². The van der Waals surface area contributed by atoms with Crippen molar-refractivity contribution < 1.29 is 23.8 Å². The highest BCUT2D eigenvalue weighted by Crippen LogP contribution is 2.73. The molecule has 0 N–H and O–H groups in total. The summed E-state index contributed by atoms with van der Waals surface area (Å²) < 4.78 is 18.4. The number of fused-ring (bicyclic) bond motifs is 3. The third kappa shape index (κ3) is 4.13. The first-order valence-corrected chi connectivity index (χ1v) is 14.8. The van der Waals surface area contributed by atoms with E-state index in [1.807, 2.05) is 0 Å². The lowest BCUT2D eigenvalue weighted by Crippen LogP contribution is -2.58. The van der Waals surface area contributed by atoms with Crippen molar-refractivity contribution in [2.75, 3.05) is 0 Å². The second-order valence-corrected chi connectivity index (χ2v) is 13.8. The Balaban J connectivity index is 1.50. The highest BCUT2D eigenvalue weighted by Gasteiger charge is 2.78. The summed E-state index contributed by atoms with van der Waals surface area (Å²) in [5.41, 5.74) is 2.70. The van der Waals surface area contributed by atoms with E-state index < -0.39 is 0 Å². The zero-order valence-electron chi connectivity index (χ0n) is 24.3. The Hall–Kier alpha value is -1.62. The van der Waals surface area contributed by atoms with E-state index in [-0.39, 0.29) is 46.7 Å². The summed E-state index contributed by atoms with van der Waals surface area (Å²) in [5.74, 6) is 2.24. The van der Waals surface area contributed by atoms with Crippen molar-refractivity contribution in [3.63, 3.8) is 0 Å². The van der Waals surface area contributed by atoms with Gasteiger partial charge in [-0.15, -0.1) is 0 Å². The number of allylic oxidation sites excluding steroid dienone is 3. The largest absolute Gasteiger partial charge is 0.462 e. The fraction of sp³-hybridized carbons (Fsp3) is 0.812. The van der Waals surface area contributed by atoms with Crippen molar-refractivity contribution in [2.45, 2.75) is 124 Å². The Morgan fingerprint density at radius 2 is 1.68 bits per heavy atom. The van der Waals surface area contributed by atoms with Crippen LogP contribution < -0.4 is 0 Å². The summed E-state index contributed by atoms with van der Waals surface area (Å²) in [6.45, 7) is 17.2. The minimum atomic E-state index is -0.366. The number of esters is 2. The molecule has 1 heterocycles. The average Bonchev–Trinajstić information content (AvgIpc) is 3.43. The predicted octanol–water partition coefficient (Wildman–Crippen LogP) is 6.80. The molecule has 206 valence electrons. The standard InChI is InChI=1S/C32H48O5/c1-18(2)19(3)9-10-20(4)24-11-12-25-27-26(14-15-30(24,25)7)31(8)16-13-23(35-21(5)33)17-32(31)29(37-32)28(27)36-22(6)34/h9-10,18-20,23-24,26,28-29H,11-17H2,1-8H3. The van der Waals surface area contributed by atoms with Crippen LogP contribution >= 0.6 is 0 Å². The Bertz CT molecular complexity index is 1010. The summed E-state index contributed by atoms with van der Waals surface area (Å²) >= 11 is 0. The highest BCUT2D eigenvalue weighted by atomic mass is 16.7. The molecule has 0 bridgehead atoms. The van der Waals surface area contributed by atoms with Crippen molar-refractivity contribution in [1.29, 1.82) is 0 Å². The molecule has 10 atom stereocenters. The summed E-state index contributed by atoms with van der Waals surface area (Å²) in [4.78, 5) is 24.1. The molecular formula is C32H48O5. The highest BCUT2D eigenvalue weighted by molar-refractivity contribution is 5.67. The Labute approximate surface area is 223 Å². The third-order valence-corrected chi connectivity index (χ3v) is 11.5. The molecule has 5 heteroatoms. The van der Waals surface area contributed by atoms with Gasteiger partial charge in [0.05, 0.1) is 0 Å². The van der Waals surface area contributed by atoms with Gasteiger partial charge in [-0.2, -0.15) is 0 Å².